The summed E-state index contributed by atoms with van der Waals surface area (Å²) in [6, 6.07) is 15.5. The second-order valence-electron chi connectivity index (χ2n) is 7.23. The van der Waals surface area contributed by atoms with Crippen molar-refractivity contribution in [3.8, 4) is 0 Å². The molecule has 1 N–H and O–H groups in total. The van der Waals surface area contributed by atoms with E-state index in [1.54, 1.807) is 19.1 Å². The largest absolute Gasteiger partial charge is 0.338 e. The van der Waals surface area contributed by atoms with Crippen LogP contribution < -0.4 is 5.32 Å². The maximum absolute atomic E-state index is 13.4. The van der Waals surface area contributed by atoms with Crippen LogP contribution in [0.5, 0.6) is 0 Å². The minimum Gasteiger partial charge on any atom is -0.338 e. The molecule has 1 aliphatic heterocycles. The Balaban J connectivity index is 1.74. The number of benzene rings is 2. The summed E-state index contributed by atoms with van der Waals surface area (Å²) in [6.07, 6.45) is 2.85. The molecular formula is C22H27FN2O. The summed E-state index contributed by atoms with van der Waals surface area (Å²) in [4.78, 5) is 14.2. The maximum Gasteiger partial charge on any atom is 0.219 e. The van der Waals surface area contributed by atoms with Crippen LogP contribution in [0.25, 0.3) is 0 Å². The Labute approximate surface area is 155 Å². The van der Waals surface area contributed by atoms with Gasteiger partial charge in [0.1, 0.15) is 5.82 Å². The van der Waals surface area contributed by atoms with Crippen LogP contribution in [0, 0.1) is 12.7 Å². The smallest absolute Gasteiger partial charge is 0.219 e. The summed E-state index contributed by atoms with van der Waals surface area (Å²) in [5.41, 5.74) is 3.41. The number of aryl methyl sites for hydroxylation is 1. The van der Waals surface area contributed by atoms with E-state index in [9.17, 15) is 9.18 Å². The number of amides is 1. The van der Waals surface area contributed by atoms with Crippen molar-refractivity contribution in [2.24, 2.45) is 0 Å². The minimum atomic E-state index is -0.213. The van der Waals surface area contributed by atoms with Crippen LogP contribution >= 0.6 is 0 Å². The van der Waals surface area contributed by atoms with Gasteiger partial charge >= 0.3 is 0 Å². The number of halogens is 1. The molecule has 26 heavy (non-hydrogen) atoms. The Hall–Kier alpha value is -2.20. The van der Waals surface area contributed by atoms with Gasteiger partial charge in [-0.05, 0) is 49.4 Å². The fourth-order valence-corrected chi connectivity index (χ4v) is 3.80. The summed E-state index contributed by atoms with van der Waals surface area (Å²) < 4.78 is 13.4. The Kier molecular flexibility index (Phi) is 6.04. The van der Waals surface area contributed by atoms with E-state index in [4.69, 9.17) is 0 Å². The number of carbonyl (C=O) groups is 1. The predicted molar refractivity (Wildman–Crippen MR) is 102 cm³/mol. The van der Waals surface area contributed by atoms with E-state index in [1.165, 1.54) is 17.2 Å². The molecule has 138 valence electrons. The van der Waals surface area contributed by atoms with Gasteiger partial charge in [-0.3, -0.25) is 4.79 Å². The van der Waals surface area contributed by atoms with Crippen LogP contribution in [0.3, 0.4) is 0 Å². The van der Waals surface area contributed by atoms with Gasteiger partial charge in [-0.15, -0.1) is 0 Å². The Morgan fingerprint density at radius 1 is 1.19 bits per heavy atom. The molecule has 2 aromatic rings. The molecule has 0 spiro atoms. The van der Waals surface area contributed by atoms with Crippen LogP contribution in [0.15, 0.2) is 48.5 Å². The summed E-state index contributed by atoms with van der Waals surface area (Å²) in [5, 5.41) is 3.57. The van der Waals surface area contributed by atoms with Gasteiger partial charge in [0, 0.05) is 26.1 Å². The molecule has 0 unspecified atom stereocenters. The van der Waals surface area contributed by atoms with E-state index < -0.39 is 0 Å². The van der Waals surface area contributed by atoms with E-state index >= 15 is 0 Å². The zero-order valence-electron chi connectivity index (χ0n) is 15.5. The first-order chi connectivity index (χ1) is 12.5. The summed E-state index contributed by atoms with van der Waals surface area (Å²) in [6.45, 7) is 5.15. The minimum absolute atomic E-state index is 0.123. The van der Waals surface area contributed by atoms with Crippen molar-refractivity contribution in [1.82, 2.24) is 10.2 Å². The molecule has 4 heteroatoms. The number of piperidine rings is 1. The van der Waals surface area contributed by atoms with E-state index in [0.717, 1.165) is 31.4 Å². The average molecular weight is 354 g/mol. The predicted octanol–water partition coefficient (Wildman–Crippen LogP) is 3.85. The van der Waals surface area contributed by atoms with E-state index in [1.807, 2.05) is 11.0 Å². The van der Waals surface area contributed by atoms with Crippen molar-refractivity contribution in [3.05, 3.63) is 71.0 Å². The molecule has 0 saturated carbocycles. The lowest BCUT2D eigenvalue weighted by molar-refractivity contribution is -0.133. The molecule has 0 bridgehead atoms. The third kappa shape index (κ3) is 4.70. The topological polar surface area (TPSA) is 32.3 Å². The molecular weight excluding hydrogens is 327 g/mol. The van der Waals surface area contributed by atoms with Gasteiger partial charge in [-0.1, -0.05) is 42.0 Å². The molecule has 3 nitrogen and oxygen atoms in total. The molecule has 1 saturated heterocycles. The summed E-state index contributed by atoms with van der Waals surface area (Å²) in [7, 11) is 0. The van der Waals surface area contributed by atoms with Gasteiger partial charge < -0.3 is 10.2 Å². The van der Waals surface area contributed by atoms with Crippen molar-refractivity contribution in [2.75, 3.05) is 6.54 Å². The van der Waals surface area contributed by atoms with Crippen LogP contribution in [0.1, 0.15) is 36.5 Å². The van der Waals surface area contributed by atoms with E-state index in [0.29, 0.717) is 6.54 Å². The number of carbonyl (C=O) groups excluding carboxylic acids is 1. The molecule has 0 radical (unpaired) electrons. The fourth-order valence-electron chi connectivity index (χ4n) is 3.80. The summed E-state index contributed by atoms with van der Waals surface area (Å²) >= 11 is 0. The molecule has 1 aliphatic rings. The van der Waals surface area contributed by atoms with Gasteiger partial charge in [0.05, 0.1) is 6.04 Å². The van der Waals surface area contributed by atoms with Crippen molar-refractivity contribution < 1.29 is 9.18 Å². The lowest BCUT2D eigenvalue weighted by atomic mass is 9.90. The highest BCUT2D eigenvalue weighted by molar-refractivity contribution is 5.73. The Bertz CT molecular complexity index is 744. The number of likely N-dealkylation sites (tertiary alicyclic amines) is 1. The average Bonchev–Trinajstić information content (AvgIpc) is 2.62. The molecule has 1 fully saturated rings. The van der Waals surface area contributed by atoms with Crippen LogP contribution in [0.4, 0.5) is 4.39 Å². The third-order valence-corrected chi connectivity index (χ3v) is 5.21. The summed E-state index contributed by atoms with van der Waals surface area (Å²) in [5.74, 6) is -0.0890. The van der Waals surface area contributed by atoms with Gasteiger partial charge in [-0.25, -0.2) is 4.39 Å². The zero-order chi connectivity index (χ0) is 18.5. The lowest BCUT2D eigenvalue weighted by Crippen LogP contribution is -2.56. The molecule has 2 aromatic carbocycles. The van der Waals surface area contributed by atoms with E-state index in [-0.39, 0.29) is 23.8 Å². The zero-order valence-corrected chi connectivity index (χ0v) is 15.5. The number of nitrogens with one attached hydrogen (secondary N) is 1. The normalized spacial score (nSPS) is 20.2. The fraction of sp³-hybridized carbons (Fsp3) is 0.409. The molecule has 2 atom stereocenters. The monoisotopic (exact) mass is 354 g/mol. The number of nitrogens with zero attached hydrogens (tertiary/aromatic N) is 1. The molecule has 0 aliphatic carbocycles. The van der Waals surface area contributed by atoms with Crippen molar-refractivity contribution in [2.45, 2.75) is 51.7 Å². The van der Waals surface area contributed by atoms with Gasteiger partial charge in [0.15, 0.2) is 0 Å². The first-order valence-electron chi connectivity index (χ1n) is 9.33. The Morgan fingerprint density at radius 2 is 1.96 bits per heavy atom. The maximum atomic E-state index is 13.4. The third-order valence-electron chi connectivity index (χ3n) is 5.21. The molecule has 0 aromatic heterocycles. The second kappa shape index (κ2) is 8.45. The van der Waals surface area contributed by atoms with Crippen molar-refractivity contribution in [3.63, 3.8) is 0 Å². The van der Waals surface area contributed by atoms with Gasteiger partial charge in [-0.2, -0.15) is 0 Å². The molecule has 3 rings (SSSR count). The van der Waals surface area contributed by atoms with Crippen LogP contribution in [0.2, 0.25) is 0 Å². The number of rotatable bonds is 5. The van der Waals surface area contributed by atoms with Crippen LogP contribution in [-0.4, -0.2) is 29.4 Å². The van der Waals surface area contributed by atoms with Gasteiger partial charge in [0.25, 0.3) is 0 Å². The SMILES string of the molecule is CC(=O)N1CCC[C@H](NCc2cccc(F)c2)[C@@H]1Cc1ccc(C)cc1. The first-order valence-corrected chi connectivity index (χ1v) is 9.33. The first kappa shape index (κ1) is 18.6. The Morgan fingerprint density at radius 3 is 2.65 bits per heavy atom. The second-order valence-corrected chi connectivity index (χ2v) is 7.23. The van der Waals surface area contributed by atoms with Crippen LogP contribution in [-0.2, 0) is 17.8 Å². The lowest BCUT2D eigenvalue weighted by Gasteiger charge is -2.41. The number of hydrogen-bond donors (Lipinski definition) is 1. The molecule has 1 heterocycles. The van der Waals surface area contributed by atoms with E-state index in [2.05, 4.69) is 36.5 Å². The molecule has 1 amide bonds. The van der Waals surface area contributed by atoms with Crippen molar-refractivity contribution in [1.29, 1.82) is 0 Å². The highest BCUT2D eigenvalue weighted by Crippen LogP contribution is 2.22. The van der Waals surface area contributed by atoms with Gasteiger partial charge in [0.2, 0.25) is 5.91 Å². The van der Waals surface area contributed by atoms with Crippen molar-refractivity contribution >= 4 is 5.91 Å². The highest BCUT2D eigenvalue weighted by Gasteiger charge is 2.32. The number of hydrogen-bond acceptors (Lipinski definition) is 2. The standard InChI is InChI=1S/C22H27FN2O/c1-16-8-10-18(11-9-16)14-22-21(7-4-12-25(22)17(2)26)24-15-19-5-3-6-20(23)13-19/h3,5-6,8-11,13,21-22,24H,4,7,12,14-15H2,1-2H3/t21-,22-/m0/s1. The highest BCUT2D eigenvalue weighted by atomic mass is 19.1. The quantitative estimate of drug-likeness (QED) is 0.885.